The number of hydrogen-bond acceptors (Lipinski definition) is 4. The molecule has 138 valence electrons. The van der Waals surface area contributed by atoms with E-state index in [0.29, 0.717) is 36.6 Å². The number of unbranched alkanes of at least 4 members (excludes halogenated alkanes) is 2. The van der Waals surface area contributed by atoms with Crippen LogP contribution in [0.4, 0.5) is 5.69 Å². The highest BCUT2D eigenvalue weighted by Gasteiger charge is 2.33. The van der Waals surface area contributed by atoms with Gasteiger partial charge in [-0.1, -0.05) is 33.1 Å². The molecule has 1 rings (SSSR count). The summed E-state index contributed by atoms with van der Waals surface area (Å²) in [4.78, 5) is 12.7. The number of nitrogens with one attached hydrogen (secondary N) is 1. The molecule has 1 atom stereocenters. The zero-order valence-corrected chi connectivity index (χ0v) is 15.9. The molecule has 0 aromatic heterocycles. The Bertz CT molecular complexity index is 595. The van der Waals surface area contributed by atoms with Crippen molar-refractivity contribution < 1.29 is 14.3 Å². The van der Waals surface area contributed by atoms with Gasteiger partial charge >= 0.3 is 0 Å². The average molecular weight is 346 g/mol. The Balaban J connectivity index is 2.89. The van der Waals surface area contributed by atoms with E-state index in [-0.39, 0.29) is 5.91 Å². The summed E-state index contributed by atoms with van der Waals surface area (Å²) in [5.41, 5.74) is -0.0252. The number of benzene rings is 1. The number of hydrogen-bond donors (Lipinski definition) is 1. The molecule has 25 heavy (non-hydrogen) atoms. The van der Waals surface area contributed by atoms with Gasteiger partial charge in [0.15, 0.2) is 0 Å². The van der Waals surface area contributed by atoms with Crippen LogP contribution in [0, 0.1) is 11.3 Å². The number of carbonyl (C=O) groups excluding carboxylic acids is 1. The minimum Gasteiger partial charge on any atom is -0.494 e. The minimum absolute atomic E-state index is 0.223. The molecule has 0 spiro atoms. The number of ether oxygens (including phenoxy) is 2. The molecule has 0 radical (unpaired) electrons. The molecule has 0 aliphatic heterocycles. The third-order valence-electron chi connectivity index (χ3n) is 4.08. The van der Waals surface area contributed by atoms with E-state index < -0.39 is 5.60 Å². The van der Waals surface area contributed by atoms with E-state index in [1.807, 2.05) is 6.92 Å². The predicted octanol–water partition coefficient (Wildman–Crippen LogP) is 4.66. The highest BCUT2D eigenvalue weighted by Crippen LogP contribution is 2.25. The minimum atomic E-state index is -0.895. The molecular weight excluding hydrogens is 316 g/mol. The maximum Gasteiger partial charge on any atom is 0.256 e. The third kappa shape index (κ3) is 6.39. The van der Waals surface area contributed by atoms with E-state index in [1.54, 1.807) is 25.1 Å². The monoisotopic (exact) mass is 346 g/mol. The summed E-state index contributed by atoms with van der Waals surface area (Å²) in [5.74, 6) is 0.417. The second kappa shape index (κ2) is 10.7. The van der Waals surface area contributed by atoms with Gasteiger partial charge in [-0.05, 0) is 44.9 Å². The summed E-state index contributed by atoms with van der Waals surface area (Å²) in [6.45, 7) is 8.93. The van der Waals surface area contributed by atoms with Crippen LogP contribution >= 0.6 is 0 Å². The fraction of sp³-hybridized carbons (Fsp3) is 0.600. The lowest BCUT2D eigenvalue weighted by Gasteiger charge is -2.28. The van der Waals surface area contributed by atoms with Crippen molar-refractivity contribution in [3.05, 3.63) is 23.8 Å². The summed E-state index contributed by atoms with van der Waals surface area (Å²) in [6.07, 6.45) is 4.54. The van der Waals surface area contributed by atoms with E-state index in [4.69, 9.17) is 9.47 Å². The van der Waals surface area contributed by atoms with Gasteiger partial charge in [0.2, 0.25) is 0 Å². The van der Waals surface area contributed by atoms with Crippen molar-refractivity contribution in [3.8, 4) is 11.8 Å². The van der Waals surface area contributed by atoms with Crippen LogP contribution in [-0.2, 0) is 9.53 Å². The molecule has 0 saturated carbocycles. The maximum atomic E-state index is 12.7. The molecule has 0 saturated heterocycles. The van der Waals surface area contributed by atoms with Gasteiger partial charge in [0, 0.05) is 6.61 Å². The molecule has 0 fully saturated rings. The van der Waals surface area contributed by atoms with Gasteiger partial charge in [0.05, 0.1) is 17.9 Å². The zero-order valence-electron chi connectivity index (χ0n) is 15.9. The van der Waals surface area contributed by atoms with Crippen molar-refractivity contribution in [2.24, 2.45) is 0 Å². The number of rotatable bonds is 11. The lowest BCUT2D eigenvalue weighted by atomic mass is 9.97. The van der Waals surface area contributed by atoms with Crippen LogP contribution in [0.5, 0.6) is 5.75 Å². The van der Waals surface area contributed by atoms with Gasteiger partial charge in [-0.2, -0.15) is 5.26 Å². The molecule has 0 unspecified atom stereocenters. The molecule has 1 N–H and O–H groups in total. The highest BCUT2D eigenvalue weighted by molar-refractivity contribution is 5.98. The Kier molecular flexibility index (Phi) is 9.01. The Morgan fingerprint density at radius 3 is 2.56 bits per heavy atom. The van der Waals surface area contributed by atoms with Gasteiger partial charge < -0.3 is 14.8 Å². The lowest BCUT2D eigenvalue weighted by molar-refractivity contribution is -0.139. The first-order chi connectivity index (χ1) is 12.0. The largest absolute Gasteiger partial charge is 0.494 e. The van der Waals surface area contributed by atoms with E-state index in [9.17, 15) is 10.1 Å². The molecule has 0 bridgehead atoms. The Morgan fingerprint density at radius 2 is 1.96 bits per heavy atom. The molecule has 0 heterocycles. The van der Waals surface area contributed by atoms with Crippen molar-refractivity contribution >= 4 is 11.6 Å². The second-order valence-electron chi connectivity index (χ2n) is 6.24. The number of amides is 1. The first-order valence-corrected chi connectivity index (χ1v) is 9.13. The van der Waals surface area contributed by atoms with Crippen LogP contribution in [0.1, 0.15) is 65.4 Å². The van der Waals surface area contributed by atoms with E-state index in [2.05, 4.69) is 25.2 Å². The molecule has 1 aromatic carbocycles. The molecule has 5 nitrogen and oxygen atoms in total. The first kappa shape index (κ1) is 21.0. The Hall–Kier alpha value is -2.06. The average Bonchev–Trinajstić information content (AvgIpc) is 2.61. The van der Waals surface area contributed by atoms with Crippen molar-refractivity contribution in [1.82, 2.24) is 0 Å². The fourth-order valence-electron chi connectivity index (χ4n) is 2.49. The van der Waals surface area contributed by atoms with Crippen molar-refractivity contribution in [1.29, 1.82) is 5.26 Å². The molecule has 0 aliphatic carbocycles. The summed E-state index contributed by atoms with van der Waals surface area (Å²) in [6, 6.07) is 7.27. The van der Waals surface area contributed by atoms with Gasteiger partial charge in [0.25, 0.3) is 5.91 Å². The number of nitrogens with zero attached hydrogens (tertiary/aromatic N) is 1. The topological polar surface area (TPSA) is 71.3 Å². The van der Waals surface area contributed by atoms with Crippen LogP contribution in [-0.4, -0.2) is 24.7 Å². The van der Waals surface area contributed by atoms with Gasteiger partial charge in [0.1, 0.15) is 17.4 Å². The summed E-state index contributed by atoms with van der Waals surface area (Å²) < 4.78 is 11.3. The third-order valence-corrected chi connectivity index (χ3v) is 4.08. The SMILES string of the molecule is CCCCOc1ccc(NC(=O)[C@](C)(CCCC)OCC)c(C#N)c1. The summed E-state index contributed by atoms with van der Waals surface area (Å²) in [7, 11) is 0. The molecule has 1 amide bonds. The molecular formula is C20H30N2O3. The van der Waals surface area contributed by atoms with Crippen LogP contribution < -0.4 is 10.1 Å². The number of carbonyl (C=O) groups is 1. The highest BCUT2D eigenvalue weighted by atomic mass is 16.5. The summed E-state index contributed by atoms with van der Waals surface area (Å²) >= 11 is 0. The van der Waals surface area contributed by atoms with Crippen LogP contribution in [0.15, 0.2) is 18.2 Å². The molecule has 5 heteroatoms. The van der Waals surface area contributed by atoms with E-state index >= 15 is 0 Å². The van der Waals surface area contributed by atoms with Crippen molar-refractivity contribution in [3.63, 3.8) is 0 Å². The smallest absolute Gasteiger partial charge is 0.256 e. The van der Waals surface area contributed by atoms with Crippen molar-refractivity contribution in [2.45, 2.75) is 65.4 Å². The van der Waals surface area contributed by atoms with Crippen LogP contribution in [0.2, 0.25) is 0 Å². The Morgan fingerprint density at radius 1 is 1.24 bits per heavy atom. The lowest BCUT2D eigenvalue weighted by Crippen LogP contribution is -2.43. The second-order valence-corrected chi connectivity index (χ2v) is 6.24. The maximum absolute atomic E-state index is 12.7. The number of anilines is 1. The first-order valence-electron chi connectivity index (χ1n) is 9.13. The van der Waals surface area contributed by atoms with Gasteiger partial charge in [-0.25, -0.2) is 0 Å². The molecule has 1 aromatic rings. The van der Waals surface area contributed by atoms with Crippen LogP contribution in [0.25, 0.3) is 0 Å². The quantitative estimate of drug-likeness (QED) is 0.591. The van der Waals surface area contributed by atoms with Crippen LogP contribution in [0.3, 0.4) is 0 Å². The summed E-state index contributed by atoms with van der Waals surface area (Å²) in [5, 5.41) is 12.2. The van der Waals surface area contributed by atoms with Crippen molar-refractivity contribution in [2.75, 3.05) is 18.5 Å². The van der Waals surface area contributed by atoms with E-state index in [0.717, 1.165) is 25.7 Å². The molecule has 0 aliphatic rings. The van der Waals surface area contributed by atoms with E-state index in [1.165, 1.54) is 0 Å². The number of nitriles is 1. The van der Waals surface area contributed by atoms with Gasteiger partial charge in [-0.15, -0.1) is 0 Å². The Labute approximate surface area is 151 Å². The fourth-order valence-corrected chi connectivity index (χ4v) is 2.49. The standard InChI is InChI=1S/C20H30N2O3/c1-5-8-12-20(4,25-7-3)19(23)22-18-11-10-17(14-16(18)15-21)24-13-9-6-2/h10-11,14H,5-9,12-13H2,1-4H3,(H,22,23)/t20-/m0/s1. The zero-order chi connectivity index (χ0) is 18.7. The van der Waals surface area contributed by atoms with Gasteiger partial charge in [-0.3, -0.25) is 4.79 Å². The normalized spacial score (nSPS) is 12.9. The predicted molar refractivity (Wildman–Crippen MR) is 99.7 cm³/mol.